The number of nitrogens with zero attached hydrogens (tertiary/aromatic N) is 2. The fourth-order valence-electron chi connectivity index (χ4n) is 7.45. The molecule has 0 amide bonds. The Morgan fingerprint density at radius 2 is 0.980 bits per heavy atom. The monoisotopic (exact) mass is 638 g/mol. The number of benzene rings is 9. The van der Waals surface area contributed by atoms with Gasteiger partial charge in [-0.3, -0.25) is 0 Å². The van der Waals surface area contributed by atoms with Gasteiger partial charge in [-0.15, -0.1) is 0 Å². The average molecular weight is 639 g/mol. The standard InChI is InChI=1S/C47H30N2O/c1-3-11-31(12-4-1)40-17-9-10-18-43(40)49(37-26-23-33-20-19-32-13-7-8-16-39(32)41(33)29-37)38-27-24-34-21-22-35-25-28-44-46(45(35)42(34)30-38)48-47(50-44)36-14-5-2-6-15-36/h1-30H. The van der Waals surface area contributed by atoms with Crippen molar-refractivity contribution in [1.82, 2.24) is 4.98 Å². The van der Waals surface area contributed by atoms with Crippen LogP contribution < -0.4 is 4.90 Å². The van der Waals surface area contributed by atoms with Gasteiger partial charge in [0.15, 0.2) is 5.58 Å². The minimum absolute atomic E-state index is 0.628. The van der Waals surface area contributed by atoms with Crippen LogP contribution in [-0.2, 0) is 0 Å². The fourth-order valence-corrected chi connectivity index (χ4v) is 7.45. The highest BCUT2D eigenvalue weighted by Crippen LogP contribution is 2.44. The van der Waals surface area contributed by atoms with Crippen LogP contribution in [0.3, 0.4) is 0 Å². The molecule has 3 nitrogen and oxygen atoms in total. The molecular formula is C47H30N2O. The highest BCUT2D eigenvalue weighted by molar-refractivity contribution is 6.19. The molecule has 0 aliphatic heterocycles. The van der Waals surface area contributed by atoms with E-state index in [1.165, 1.54) is 27.1 Å². The van der Waals surface area contributed by atoms with Gasteiger partial charge in [0.1, 0.15) is 5.52 Å². The summed E-state index contributed by atoms with van der Waals surface area (Å²) in [5.41, 5.74) is 8.21. The van der Waals surface area contributed by atoms with Crippen molar-refractivity contribution >= 4 is 71.3 Å². The molecule has 0 unspecified atom stereocenters. The lowest BCUT2D eigenvalue weighted by molar-refractivity contribution is 0.620. The van der Waals surface area contributed by atoms with E-state index in [1.807, 2.05) is 36.4 Å². The van der Waals surface area contributed by atoms with Gasteiger partial charge in [0.25, 0.3) is 0 Å². The number of para-hydroxylation sites is 1. The maximum absolute atomic E-state index is 6.35. The van der Waals surface area contributed by atoms with Gasteiger partial charge in [0, 0.05) is 27.9 Å². The first-order chi connectivity index (χ1) is 24.8. The van der Waals surface area contributed by atoms with Crippen molar-refractivity contribution in [2.24, 2.45) is 0 Å². The Hall–Kier alpha value is -6.71. The molecule has 0 fully saturated rings. The number of fused-ring (bicyclic) bond motifs is 8. The molecule has 10 aromatic rings. The Bertz CT molecular complexity index is 2870. The molecule has 0 aliphatic carbocycles. The van der Waals surface area contributed by atoms with Gasteiger partial charge in [-0.2, -0.15) is 0 Å². The third-order valence-corrected chi connectivity index (χ3v) is 9.84. The second-order valence-electron chi connectivity index (χ2n) is 12.8. The van der Waals surface area contributed by atoms with Crippen molar-refractivity contribution in [3.05, 3.63) is 182 Å². The number of aromatic nitrogens is 1. The van der Waals surface area contributed by atoms with Gasteiger partial charge in [-0.1, -0.05) is 133 Å². The van der Waals surface area contributed by atoms with Crippen LogP contribution in [0, 0.1) is 0 Å². The third kappa shape index (κ3) is 4.63. The van der Waals surface area contributed by atoms with Crippen LogP contribution in [-0.4, -0.2) is 4.98 Å². The molecule has 0 atom stereocenters. The van der Waals surface area contributed by atoms with E-state index in [0.717, 1.165) is 60.8 Å². The van der Waals surface area contributed by atoms with Crippen LogP contribution >= 0.6 is 0 Å². The van der Waals surface area contributed by atoms with Crippen molar-refractivity contribution in [2.45, 2.75) is 0 Å². The van der Waals surface area contributed by atoms with Crippen molar-refractivity contribution < 1.29 is 4.42 Å². The van der Waals surface area contributed by atoms with Gasteiger partial charge < -0.3 is 9.32 Å². The third-order valence-electron chi connectivity index (χ3n) is 9.84. The summed E-state index contributed by atoms with van der Waals surface area (Å²) in [5.74, 6) is 0.628. The smallest absolute Gasteiger partial charge is 0.227 e. The molecule has 1 aromatic heterocycles. The van der Waals surface area contributed by atoms with E-state index in [1.54, 1.807) is 0 Å². The molecule has 3 heteroatoms. The Kier molecular flexibility index (Phi) is 6.49. The van der Waals surface area contributed by atoms with E-state index in [0.29, 0.717) is 5.89 Å². The summed E-state index contributed by atoms with van der Waals surface area (Å²) in [6.45, 7) is 0. The summed E-state index contributed by atoms with van der Waals surface area (Å²) in [4.78, 5) is 7.49. The van der Waals surface area contributed by atoms with Crippen LogP contribution in [0.5, 0.6) is 0 Å². The first-order valence-corrected chi connectivity index (χ1v) is 17.0. The molecule has 10 rings (SSSR count). The first-order valence-electron chi connectivity index (χ1n) is 17.0. The van der Waals surface area contributed by atoms with Gasteiger partial charge in [0.05, 0.1) is 5.69 Å². The molecule has 0 aliphatic rings. The zero-order valence-electron chi connectivity index (χ0n) is 27.1. The molecule has 50 heavy (non-hydrogen) atoms. The lowest BCUT2D eigenvalue weighted by atomic mass is 9.98. The summed E-state index contributed by atoms with van der Waals surface area (Å²) >= 11 is 0. The Balaban J connectivity index is 1.25. The Labute approximate surface area is 289 Å². The summed E-state index contributed by atoms with van der Waals surface area (Å²) in [7, 11) is 0. The predicted molar refractivity (Wildman–Crippen MR) is 210 cm³/mol. The fraction of sp³-hybridized carbons (Fsp3) is 0. The minimum atomic E-state index is 0.628. The van der Waals surface area contributed by atoms with E-state index in [4.69, 9.17) is 9.40 Å². The summed E-state index contributed by atoms with van der Waals surface area (Å²) in [5, 5.41) is 9.43. The molecule has 0 saturated carbocycles. The number of hydrogen-bond donors (Lipinski definition) is 0. The maximum Gasteiger partial charge on any atom is 0.227 e. The summed E-state index contributed by atoms with van der Waals surface area (Å²) in [6, 6.07) is 64.7. The van der Waals surface area contributed by atoms with Crippen LogP contribution in [0.25, 0.3) is 76.8 Å². The number of hydrogen-bond acceptors (Lipinski definition) is 3. The van der Waals surface area contributed by atoms with Crippen molar-refractivity contribution in [2.75, 3.05) is 4.90 Å². The van der Waals surface area contributed by atoms with E-state index >= 15 is 0 Å². The number of anilines is 3. The maximum atomic E-state index is 6.35. The van der Waals surface area contributed by atoms with E-state index < -0.39 is 0 Å². The molecule has 9 aromatic carbocycles. The second kappa shape index (κ2) is 11.5. The van der Waals surface area contributed by atoms with E-state index in [-0.39, 0.29) is 0 Å². The highest BCUT2D eigenvalue weighted by atomic mass is 16.3. The topological polar surface area (TPSA) is 29.3 Å². The first kappa shape index (κ1) is 28.3. The summed E-state index contributed by atoms with van der Waals surface area (Å²) in [6.07, 6.45) is 0. The predicted octanol–water partition coefficient (Wildman–Crippen LogP) is 13.2. The van der Waals surface area contributed by atoms with Gasteiger partial charge in [-0.05, 0) is 91.8 Å². The van der Waals surface area contributed by atoms with Gasteiger partial charge >= 0.3 is 0 Å². The highest BCUT2D eigenvalue weighted by Gasteiger charge is 2.20. The molecule has 0 saturated heterocycles. The van der Waals surface area contributed by atoms with Crippen LogP contribution in [0.1, 0.15) is 0 Å². The Morgan fingerprint density at radius 1 is 0.420 bits per heavy atom. The lowest BCUT2D eigenvalue weighted by Crippen LogP contribution is -2.11. The number of oxazole rings is 1. The quantitative estimate of drug-likeness (QED) is 0.176. The van der Waals surface area contributed by atoms with Crippen LogP contribution in [0.15, 0.2) is 186 Å². The average Bonchev–Trinajstić information content (AvgIpc) is 3.64. The molecule has 234 valence electrons. The van der Waals surface area contributed by atoms with Crippen molar-refractivity contribution in [1.29, 1.82) is 0 Å². The SMILES string of the molecule is c1ccc(-c2nc3c(ccc4ccc5ccc(N(c6ccc7ccc8ccccc8c7c6)c6ccccc6-c6ccccc6)cc5c43)o2)cc1. The number of rotatable bonds is 5. The van der Waals surface area contributed by atoms with Crippen LogP contribution in [0.2, 0.25) is 0 Å². The Morgan fingerprint density at radius 3 is 1.76 bits per heavy atom. The molecule has 0 bridgehead atoms. The molecule has 0 N–H and O–H groups in total. The van der Waals surface area contributed by atoms with Crippen LogP contribution in [0.4, 0.5) is 17.1 Å². The second-order valence-corrected chi connectivity index (χ2v) is 12.8. The largest absolute Gasteiger partial charge is 0.436 e. The van der Waals surface area contributed by atoms with Crippen molar-refractivity contribution in [3.63, 3.8) is 0 Å². The lowest BCUT2D eigenvalue weighted by Gasteiger charge is -2.28. The van der Waals surface area contributed by atoms with E-state index in [9.17, 15) is 0 Å². The minimum Gasteiger partial charge on any atom is -0.436 e. The van der Waals surface area contributed by atoms with Gasteiger partial charge in [0.2, 0.25) is 5.89 Å². The zero-order valence-corrected chi connectivity index (χ0v) is 27.1. The normalized spacial score (nSPS) is 11.6. The molecule has 1 heterocycles. The summed E-state index contributed by atoms with van der Waals surface area (Å²) < 4.78 is 6.35. The van der Waals surface area contributed by atoms with Gasteiger partial charge in [-0.25, -0.2) is 4.98 Å². The molecule has 0 spiro atoms. The molecular weight excluding hydrogens is 609 g/mol. The zero-order chi connectivity index (χ0) is 33.0. The van der Waals surface area contributed by atoms with Crippen molar-refractivity contribution in [3.8, 4) is 22.6 Å². The van der Waals surface area contributed by atoms with E-state index in [2.05, 4.69) is 150 Å². The molecule has 0 radical (unpaired) electrons.